The Morgan fingerprint density at radius 1 is 1.40 bits per heavy atom. The summed E-state index contributed by atoms with van der Waals surface area (Å²) in [4.78, 5) is 10.8. The van der Waals surface area contributed by atoms with Crippen LogP contribution in [0.1, 0.15) is 25.8 Å². The summed E-state index contributed by atoms with van der Waals surface area (Å²) in [7, 11) is 3.94. The van der Waals surface area contributed by atoms with Crippen LogP contribution >= 0.6 is 0 Å². The first-order valence-electron chi connectivity index (χ1n) is 5.37. The van der Waals surface area contributed by atoms with Crippen LogP contribution < -0.4 is 10.2 Å². The van der Waals surface area contributed by atoms with Gasteiger partial charge in [0.15, 0.2) is 0 Å². The maximum Gasteiger partial charge on any atom is 0.225 e. The Morgan fingerprint density at radius 2 is 2.00 bits per heavy atom. The molecule has 0 amide bonds. The summed E-state index contributed by atoms with van der Waals surface area (Å²) in [6.07, 6.45) is 4.84. The van der Waals surface area contributed by atoms with Crippen molar-refractivity contribution in [2.45, 2.75) is 32.9 Å². The van der Waals surface area contributed by atoms with E-state index in [0.29, 0.717) is 6.04 Å². The average molecular weight is 208 g/mol. The zero-order valence-electron chi connectivity index (χ0n) is 9.99. The minimum atomic E-state index is 0.472. The molecular formula is C11H20N4. The summed E-state index contributed by atoms with van der Waals surface area (Å²) in [6, 6.07) is 0.472. The fourth-order valence-electron chi connectivity index (χ4n) is 1.30. The van der Waals surface area contributed by atoms with Gasteiger partial charge in [-0.3, -0.25) is 0 Å². The predicted octanol–water partition coefficient (Wildman–Crippen LogP) is 1.43. The van der Waals surface area contributed by atoms with E-state index >= 15 is 0 Å². The quantitative estimate of drug-likeness (QED) is 0.794. The normalized spacial score (nSPS) is 12.5. The van der Waals surface area contributed by atoms with Gasteiger partial charge in [-0.15, -0.1) is 0 Å². The van der Waals surface area contributed by atoms with E-state index in [2.05, 4.69) is 34.0 Å². The Labute approximate surface area is 91.7 Å². The molecule has 0 aliphatic heterocycles. The minimum Gasteiger partial charge on any atom is -0.341 e. The van der Waals surface area contributed by atoms with E-state index in [1.54, 1.807) is 0 Å². The highest BCUT2D eigenvalue weighted by Gasteiger charge is 2.09. The molecule has 1 heterocycles. The zero-order chi connectivity index (χ0) is 11.3. The maximum atomic E-state index is 4.34. The molecular weight excluding hydrogens is 188 g/mol. The Bertz CT molecular complexity index is 283. The van der Waals surface area contributed by atoms with E-state index in [0.717, 1.165) is 24.5 Å². The van der Waals surface area contributed by atoms with Crippen molar-refractivity contribution in [2.75, 3.05) is 19.0 Å². The van der Waals surface area contributed by atoms with Crippen LogP contribution in [0.5, 0.6) is 0 Å². The number of aromatic nitrogens is 2. The molecule has 4 heteroatoms. The minimum absolute atomic E-state index is 0.472. The van der Waals surface area contributed by atoms with Gasteiger partial charge in [0, 0.05) is 37.6 Å². The molecule has 1 aromatic heterocycles. The lowest BCUT2D eigenvalue weighted by Gasteiger charge is -2.23. The SMILES string of the molecule is CCC(C)N(C)c1ncc(CNC)cn1. The second kappa shape index (κ2) is 5.66. The second-order valence-corrected chi connectivity index (χ2v) is 3.79. The molecule has 0 saturated heterocycles. The van der Waals surface area contributed by atoms with Crippen molar-refractivity contribution < 1.29 is 0 Å². The van der Waals surface area contributed by atoms with Crippen molar-refractivity contribution in [3.05, 3.63) is 18.0 Å². The molecule has 1 aromatic rings. The summed E-state index contributed by atoms with van der Waals surface area (Å²) >= 11 is 0. The van der Waals surface area contributed by atoms with Gasteiger partial charge in [-0.05, 0) is 20.4 Å². The third kappa shape index (κ3) is 3.16. The molecule has 84 valence electrons. The van der Waals surface area contributed by atoms with Crippen LogP contribution in [0, 0.1) is 0 Å². The highest BCUT2D eigenvalue weighted by Crippen LogP contribution is 2.10. The van der Waals surface area contributed by atoms with Gasteiger partial charge in [-0.1, -0.05) is 6.92 Å². The van der Waals surface area contributed by atoms with Crippen molar-refractivity contribution in [1.29, 1.82) is 0 Å². The molecule has 1 rings (SSSR count). The number of hydrogen-bond acceptors (Lipinski definition) is 4. The summed E-state index contributed by atoms with van der Waals surface area (Å²) < 4.78 is 0. The van der Waals surface area contributed by atoms with Crippen LogP contribution in [0.2, 0.25) is 0 Å². The van der Waals surface area contributed by atoms with Crippen molar-refractivity contribution in [1.82, 2.24) is 15.3 Å². The Balaban J connectivity index is 2.70. The molecule has 0 aliphatic carbocycles. The van der Waals surface area contributed by atoms with Gasteiger partial charge in [0.1, 0.15) is 0 Å². The summed E-state index contributed by atoms with van der Waals surface area (Å²) in [5, 5.41) is 3.07. The van der Waals surface area contributed by atoms with Crippen molar-refractivity contribution in [3.8, 4) is 0 Å². The molecule has 1 atom stereocenters. The van der Waals surface area contributed by atoms with Crippen LogP contribution in [0.25, 0.3) is 0 Å². The standard InChI is InChI=1S/C11H20N4/c1-5-9(2)15(4)11-13-7-10(6-12-3)8-14-11/h7-9,12H,5-6H2,1-4H3. The van der Waals surface area contributed by atoms with Crippen LogP contribution in [-0.4, -0.2) is 30.1 Å². The Hall–Kier alpha value is -1.16. The molecule has 0 aliphatic rings. The number of hydrogen-bond donors (Lipinski definition) is 1. The van der Waals surface area contributed by atoms with Gasteiger partial charge in [0.05, 0.1) is 0 Å². The number of rotatable bonds is 5. The van der Waals surface area contributed by atoms with Crippen LogP contribution in [-0.2, 0) is 6.54 Å². The molecule has 15 heavy (non-hydrogen) atoms. The van der Waals surface area contributed by atoms with Crippen LogP contribution in [0.3, 0.4) is 0 Å². The topological polar surface area (TPSA) is 41.1 Å². The highest BCUT2D eigenvalue weighted by atomic mass is 15.2. The molecule has 0 saturated carbocycles. The van der Waals surface area contributed by atoms with E-state index in [-0.39, 0.29) is 0 Å². The van der Waals surface area contributed by atoms with Gasteiger partial charge >= 0.3 is 0 Å². The van der Waals surface area contributed by atoms with Crippen molar-refractivity contribution in [2.24, 2.45) is 0 Å². The van der Waals surface area contributed by atoms with Crippen molar-refractivity contribution in [3.63, 3.8) is 0 Å². The fraction of sp³-hybridized carbons (Fsp3) is 0.636. The number of nitrogens with one attached hydrogen (secondary N) is 1. The molecule has 0 bridgehead atoms. The molecule has 0 aromatic carbocycles. The van der Waals surface area contributed by atoms with Crippen LogP contribution in [0.15, 0.2) is 12.4 Å². The largest absolute Gasteiger partial charge is 0.341 e. The second-order valence-electron chi connectivity index (χ2n) is 3.79. The van der Waals surface area contributed by atoms with E-state index in [9.17, 15) is 0 Å². The lowest BCUT2D eigenvalue weighted by molar-refractivity contribution is 0.647. The number of anilines is 1. The monoisotopic (exact) mass is 208 g/mol. The smallest absolute Gasteiger partial charge is 0.225 e. The first-order valence-corrected chi connectivity index (χ1v) is 5.37. The van der Waals surface area contributed by atoms with Gasteiger partial charge in [-0.25, -0.2) is 9.97 Å². The molecule has 4 nitrogen and oxygen atoms in total. The van der Waals surface area contributed by atoms with Crippen molar-refractivity contribution >= 4 is 5.95 Å². The predicted molar refractivity (Wildman–Crippen MR) is 63.0 cm³/mol. The third-order valence-corrected chi connectivity index (χ3v) is 2.64. The fourth-order valence-corrected chi connectivity index (χ4v) is 1.30. The van der Waals surface area contributed by atoms with E-state index in [1.165, 1.54) is 0 Å². The molecule has 0 fully saturated rings. The van der Waals surface area contributed by atoms with Gasteiger partial charge < -0.3 is 10.2 Å². The van der Waals surface area contributed by atoms with Gasteiger partial charge in [-0.2, -0.15) is 0 Å². The van der Waals surface area contributed by atoms with Gasteiger partial charge in [0.2, 0.25) is 5.95 Å². The highest BCUT2D eigenvalue weighted by molar-refractivity contribution is 5.29. The molecule has 1 unspecified atom stereocenters. The summed E-state index contributed by atoms with van der Waals surface area (Å²) in [5.41, 5.74) is 1.11. The first-order chi connectivity index (χ1) is 7.19. The maximum absolute atomic E-state index is 4.34. The molecule has 0 radical (unpaired) electrons. The van der Waals surface area contributed by atoms with Crippen LogP contribution in [0.4, 0.5) is 5.95 Å². The lowest BCUT2D eigenvalue weighted by atomic mass is 10.2. The Morgan fingerprint density at radius 3 is 2.47 bits per heavy atom. The Kier molecular flexibility index (Phi) is 4.49. The molecule has 0 spiro atoms. The van der Waals surface area contributed by atoms with E-state index < -0.39 is 0 Å². The third-order valence-electron chi connectivity index (χ3n) is 2.64. The van der Waals surface area contributed by atoms with E-state index in [1.807, 2.05) is 26.5 Å². The zero-order valence-corrected chi connectivity index (χ0v) is 9.99. The average Bonchev–Trinajstić information content (AvgIpc) is 2.28. The summed E-state index contributed by atoms with van der Waals surface area (Å²) in [6.45, 7) is 5.15. The number of nitrogens with zero attached hydrogens (tertiary/aromatic N) is 3. The van der Waals surface area contributed by atoms with Gasteiger partial charge in [0.25, 0.3) is 0 Å². The van der Waals surface area contributed by atoms with E-state index in [4.69, 9.17) is 0 Å². The first kappa shape index (κ1) is 11.9. The summed E-state index contributed by atoms with van der Waals surface area (Å²) in [5.74, 6) is 0.796. The lowest BCUT2D eigenvalue weighted by Crippen LogP contribution is -2.29. The molecule has 1 N–H and O–H groups in total.